The van der Waals surface area contributed by atoms with Gasteiger partial charge in [0.2, 0.25) is 0 Å². The van der Waals surface area contributed by atoms with E-state index in [0.717, 1.165) is 12.1 Å². The minimum absolute atomic E-state index is 0.270. The number of rotatable bonds is 0. The lowest BCUT2D eigenvalue weighted by molar-refractivity contribution is -0.137. The third-order valence-corrected chi connectivity index (χ3v) is 2.95. The number of anilines is 1. The summed E-state index contributed by atoms with van der Waals surface area (Å²) in [5.41, 5.74) is 5.10. The number of alkyl halides is 3. The van der Waals surface area contributed by atoms with Crippen molar-refractivity contribution >= 4 is 44.2 Å². The average molecular weight is 366 g/mol. The molecule has 0 saturated carbocycles. The van der Waals surface area contributed by atoms with Gasteiger partial charge < -0.3 is 5.73 Å². The van der Waals surface area contributed by atoms with E-state index in [1.807, 2.05) is 0 Å². The maximum Gasteiger partial charge on any atom is 0.416 e. The van der Waals surface area contributed by atoms with E-state index in [2.05, 4.69) is 15.9 Å². The first-order valence-electron chi connectivity index (χ1n) is 3.14. The van der Waals surface area contributed by atoms with Gasteiger partial charge in [-0.05, 0) is 50.7 Å². The summed E-state index contributed by atoms with van der Waals surface area (Å²) in [5, 5.41) is 0. The standard InChI is InChI=1S/C7H4BrF3IN/c8-4-1-3(7(9,10)11)2-5(12)6(4)13/h1-2H,13H2. The molecule has 0 bridgehead atoms. The lowest BCUT2D eigenvalue weighted by atomic mass is 10.2. The molecule has 1 rings (SSSR count). The van der Waals surface area contributed by atoms with E-state index in [1.165, 1.54) is 0 Å². The second-order valence-electron chi connectivity index (χ2n) is 2.35. The molecule has 0 unspecified atom stereocenters. The zero-order valence-corrected chi connectivity index (χ0v) is 9.87. The smallest absolute Gasteiger partial charge is 0.397 e. The maximum absolute atomic E-state index is 12.2. The third-order valence-electron chi connectivity index (χ3n) is 1.41. The number of halogens is 5. The Kier molecular flexibility index (Phi) is 3.11. The number of hydrogen-bond donors (Lipinski definition) is 1. The lowest BCUT2D eigenvalue weighted by Gasteiger charge is -2.09. The van der Waals surface area contributed by atoms with Crippen LogP contribution in [0.15, 0.2) is 16.6 Å². The summed E-state index contributed by atoms with van der Waals surface area (Å²) in [7, 11) is 0. The molecular weight excluding hydrogens is 362 g/mol. The van der Waals surface area contributed by atoms with E-state index in [4.69, 9.17) is 5.73 Å². The van der Waals surface area contributed by atoms with E-state index >= 15 is 0 Å². The fourth-order valence-corrected chi connectivity index (χ4v) is 2.20. The number of nitrogens with two attached hydrogens (primary N) is 1. The highest BCUT2D eigenvalue weighted by Crippen LogP contribution is 2.35. The van der Waals surface area contributed by atoms with Crippen molar-refractivity contribution in [2.75, 3.05) is 5.73 Å². The highest BCUT2D eigenvalue weighted by Gasteiger charge is 2.31. The fourth-order valence-electron chi connectivity index (χ4n) is 0.748. The normalized spacial score (nSPS) is 11.8. The third kappa shape index (κ3) is 2.49. The molecule has 0 spiro atoms. The zero-order valence-electron chi connectivity index (χ0n) is 6.12. The monoisotopic (exact) mass is 365 g/mol. The van der Waals surface area contributed by atoms with Crippen LogP contribution in [0.2, 0.25) is 0 Å². The van der Waals surface area contributed by atoms with Gasteiger partial charge in [0.05, 0.1) is 11.3 Å². The van der Waals surface area contributed by atoms with E-state index in [-0.39, 0.29) is 4.47 Å². The average Bonchev–Trinajstić information content (AvgIpc) is 1.97. The molecule has 1 nitrogen and oxygen atoms in total. The predicted molar refractivity (Wildman–Crippen MR) is 56.3 cm³/mol. The topological polar surface area (TPSA) is 26.0 Å². The van der Waals surface area contributed by atoms with Gasteiger partial charge in [0.1, 0.15) is 0 Å². The van der Waals surface area contributed by atoms with Gasteiger partial charge in [-0.3, -0.25) is 0 Å². The van der Waals surface area contributed by atoms with Crippen LogP contribution in [0.25, 0.3) is 0 Å². The van der Waals surface area contributed by atoms with Crippen LogP contribution < -0.4 is 5.73 Å². The molecule has 0 aliphatic heterocycles. The largest absolute Gasteiger partial charge is 0.416 e. The van der Waals surface area contributed by atoms with Crippen molar-refractivity contribution in [3.05, 3.63) is 25.7 Å². The summed E-state index contributed by atoms with van der Waals surface area (Å²) in [5.74, 6) is 0. The Morgan fingerprint density at radius 3 is 2.23 bits per heavy atom. The van der Waals surface area contributed by atoms with Crippen molar-refractivity contribution in [2.24, 2.45) is 0 Å². The van der Waals surface area contributed by atoms with Gasteiger partial charge >= 0.3 is 6.18 Å². The van der Waals surface area contributed by atoms with Gasteiger partial charge in [-0.1, -0.05) is 0 Å². The molecule has 0 radical (unpaired) electrons. The van der Waals surface area contributed by atoms with Crippen LogP contribution in [0.5, 0.6) is 0 Å². The molecule has 0 atom stereocenters. The summed E-state index contributed by atoms with van der Waals surface area (Å²) < 4.78 is 37.3. The first-order chi connectivity index (χ1) is 5.82. The molecule has 72 valence electrons. The van der Waals surface area contributed by atoms with E-state index in [1.54, 1.807) is 22.6 Å². The number of nitrogen functional groups attached to an aromatic ring is 1. The van der Waals surface area contributed by atoms with Crippen LogP contribution >= 0.6 is 38.5 Å². The van der Waals surface area contributed by atoms with Crippen molar-refractivity contribution in [3.63, 3.8) is 0 Å². The summed E-state index contributed by atoms with van der Waals surface area (Å²) in [6, 6.07) is 1.98. The number of benzene rings is 1. The van der Waals surface area contributed by atoms with E-state index in [0.29, 0.717) is 9.26 Å². The van der Waals surface area contributed by atoms with Crippen molar-refractivity contribution in [1.29, 1.82) is 0 Å². The van der Waals surface area contributed by atoms with Crippen LogP contribution in [0.3, 0.4) is 0 Å². The quantitative estimate of drug-likeness (QED) is 0.551. The molecule has 0 fully saturated rings. The van der Waals surface area contributed by atoms with Gasteiger partial charge in [-0.25, -0.2) is 0 Å². The predicted octanol–water partition coefficient (Wildman–Crippen LogP) is 3.65. The van der Waals surface area contributed by atoms with Crippen LogP contribution in [0, 0.1) is 3.57 Å². The molecule has 0 heterocycles. The lowest BCUT2D eigenvalue weighted by Crippen LogP contribution is -2.06. The highest BCUT2D eigenvalue weighted by atomic mass is 127. The summed E-state index contributed by atoms with van der Waals surface area (Å²) in [6.45, 7) is 0. The second-order valence-corrected chi connectivity index (χ2v) is 4.37. The molecule has 1 aromatic carbocycles. The number of hydrogen-bond acceptors (Lipinski definition) is 1. The molecule has 0 amide bonds. The Hall–Kier alpha value is 0.0200. The molecule has 0 aliphatic rings. The maximum atomic E-state index is 12.2. The SMILES string of the molecule is Nc1c(Br)cc(C(F)(F)F)cc1I. The zero-order chi connectivity index (χ0) is 10.2. The molecule has 0 aliphatic carbocycles. The van der Waals surface area contributed by atoms with Crippen LogP contribution in [0.4, 0.5) is 18.9 Å². The minimum Gasteiger partial charge on any atom is -0.397 e. The Bertz CT molecular complexity index is 314. The van der Waals surface area contributed by atoms with Crippen LogP contribution in [-0.2, 0) is 6.18 Å². The van der Waals surface area contributed by atoms with E-state index < -0.39 is 11.7 Å². The molecule has 0 aromatic heterocycles. The molecule has 13 heavy (non-hydrogen) atoms. The van der Waals surface area contributed by atoms with Crippen LogP contribution in [-0.4, -0.2) is 0 Å². The van der Waals surface area contributed by atoms with Gasteiger partial charge in [0.25, 0.3) is 0 Å². The van der Waals surface area contributed by atoms with E-state index in [9.17, 15) is 13.2 Å². The minimum atomic E-state index is -4.32. The Morgan fingerprint density at radius 2 is 1.85 bits per heavy atom. The first-order valence-corrected chi connectivity index (χ1v) is 5.01. The summed E-state index contributed by atoms with van der Waals surface area (Å²) >= 11 is 4.72. The van der Waals surface area contributed by atoms with Crippen molar-refractivity contribution in [1.82, 2.24) is 0 Å². The van der Waals surface area contributed by atoms with Gasteiger partial charge in [-0.15, -0.1) is 0 Å². The first kappa shape index (κ1) is 11.1. The van der Waals surface area contributed by atoms with Crippen molar-refractivity contribution in [3.8, 4) is 0 Å². The molecule has 2 N–H and O–H groups in total. The molecule has 6 heteroatoms. The molecule has 0 saturated heterocycles. The molecular formula is C7H4BrF3IN. The van der Waals surface area contributed by atoms with Crippen LogP contribution in [0.1, 0.15) is 5.56 Å². The Balaban J connectivity index is 3.29. The van der Waals surface area contributed by atoms with Gasteiger partial charge in [0, 0.05) is 8.04 Å². The highest BCUT2D eigenvalue weighted by molar-refractivity contribution is 14.1. The Morgan fingerprint density at radius 1 is 1.31 bits per heavy atom. The summed E-state index contributed by atoms with van der Waals surface area (Å²) in [4.78, 5) is 0. The Labute approximate surface area is 94.8 Å². The molecule has 1 aromatic rings. The van der Waals surface area contributed by atoms with Gasteiger partial charge in [-0.2, -0.15) is 13.2 Å². The summed E-state index contributed by atoms with van der Waals surface area (Å²) in [6.07, 6.45) is -4.32. The van der Waals surface area contributed by atoms with Gasteiger partial charge in [0.15, 0.2) is 0 Å². The van der Waals surface area contributed by atoms with Crippen molar-refractivity contribution < 1.29 is 13.2 Å². The fraction of sp³-hybridized carbons (Fsp3) is 0.143. The second kappa shape index (κ2) is 3.64. The van der Waals surface area contributed by atoms with Crippen molar-refractivity contribution in [2.45, 2.75) is 6.18 Å².